The Hall–Kier alpha value is -1.13. The van der Waals surface area contributed by atoms with Gasteiger partial charge >= 0.3 is 0 Å². The molecule has 0 radical (unpaired) electrons. The predicted octanol–water partition coefficient (Wildman–Crippen LogP) is 1.90. The van der Waals surface area contributed by atoms with Gasteiger partial charge in [-0.1, -0.05) is 13.0 Å². The average Bonchev–Trinajstić information content (AvgIpc) is 2.35. The third-order valence-electron chi connectivity index (χ3n) is 3.16. The van der Waals surface area contributed by atoms with Gasteiger partial charge < -0.3 is 10.2 Å². The van der Waals surface area contributed by atoms with E-state index in [2.05, 4.69) is 54.1 Å². The summed E-state index contributed by atoms with van der Waals surface area (Å²) in [5, 5.41) is 3.16. The molecular formula is C14H26N4. The molecule has 1 N–H and O–H groups in total. The molecule has 1 aromatic rings. The second kappa shape index (κ2) is 7.34. The standard InChI is InChI=1S/C14H26N4/c1-6-18(12(2)10-17(4)5)11-13-8-7-9-16-14(13)15-3/h7-9,12H,6,10-11H2,1-5H3,(H,15,16). The van der Waals surface area contributed by atoms with E-state index in [0.717, 1.165) is 25.5 Å². The van der Waals surface area contributed by atoms with E-state index in [1.165, 1.54) is 5.56 Å². The molecule has 1 rings (SSSR count). The van der Waals surface area contributed by atoms with E-state index >= 15 is 0 Å². The van der Waals surface area contributed by atoms with Gasteiger partial charge in [-0.25, -0.2) is 4.98 Å². The summed E-state index contributed by atoms with van der Waals surface area (Å²) >= 11 is 0. The molecule has 0 aliphatic rings. The average molecular weight is 250 g/mol. The van der Waals surface area contributed by atoms with E-state index in [9.17, 15) is 0 Å². The normalized spacial score (nSPS) is 13.1. The molecule has 1 heterocycles. The maximum Gasteiger partial charge on any atom is 0.130 e. The third kappa shape index (κ3) is 4.27. The quantitative estimate of drug-likeness (QED) is 0.801. The van der Waals surface area contributed by atoms with Crippen molar-refractivity contribution in [1.29, 1.82) is 0 Å². The van der Waals surface area contributed by atoms with Crippen molar-refractivity contribution in [3.63, 3.8) is 0 Å². The molecule has 0 bridgehead atoms. The van der Waals surface area contributed by atoms with Crippen LogP contribution in [0.4, 0.5) is 5.82 Å². The second-order valence-corrected chi connectivity index (χ2v) is 4.94. The third-order valence-corrected chi connectivity index (χ3v) is 3.16. The van der Waals surface area contributed by atoms with Crippen molar-refractivity contribution in [2.75, 3.05) is 39.5 Å². The van der Waals surface area contributed by atoms with E-state index in [1.54, 1.807) is 0 Å². The first-order chi connectivity index (χ1) is 8.58. The number of nitrogens with zero attached hydrogens (tertiary/aromatic N) is 3. The lowest BCUT2D eigenvalue weighted by Gasteiger charge is -2.30. The highest BCUT2D eigenvalue weighted by molar-refractivity contribution is 5.42. The van der Waals surface area contributed by atoms with Crippen LogP contribution in [0.3, 0.4) is 0 Å². The highest BCUT2D eigenvalue weighted by atomic mass is 15.2. The first-order valence-corrected chi connectivity index (χ1v) is 6.58. The number of likely N-dealkylation sites (N-methyl/N-ethyl adjacent to an activating group) is 2. The Labute approximate surface area is 111 Å². The minimum absolute atomic E-state index is 0.537. The molecule has 0 amide bonds. The Morgan fingerprint density at radius 3 is 2.67 bits per heavy atom. The summed E-state index contributed by atoms with van der Waals surface area (Å²) in [4.78, 5) is 9.06. The zero-order valence-corrected chi connectivity index (χ0v) is 12.3. The molecule has 1 atom stereocenters. The van der Waals surface area contributed by atoms with Crippen LogP contribution in [0, 0.1) is 0 Å². The predicted molar refractivity (Wildman–Crippen MR) is 77.9 cm³/mol. The smallest absolute Gasteiger partial charge is 0.130 e. The van der Waals surface area contributed by atoms with Crippen molar-refractivity contribution in [1.82, 2.24) is 14.8 Å². The lowest BCUT2D eigenvalue weighted by atomic mass is 10.2. The van der Waals surface area contributed by atoms with Gasteiger partial charge in [0.15, 0.2) is 0 Å². The molecule has 0 aliphatic heterocycles. The first-order valence-electron chi connectivity index (χ1n) is 6.58. The maximum atomic E-state index is 4.36. The Bertz CT molecular complexity index is 351. The van der Waals surface area contributed by atoms with Crippen LogP contribution >= 0.6 is 0 Å². The summed E-state index contributed by atoms with van der Waals surface area (Å²) < 4.78 is 0. The lowest BCUT2D eigenvalue weighted by Crippen LogP contribution is -2.39. The van der Waals surface area contributed by atoms with Crippen LogP contribution in [0.15, 0.2) is 18.3 Å². The van der Waals surface area contributed by atoms with Crippen LogP contribution in [0.5, 0.6) is 0 Å². The molecule has 0 saturated heterocycles. The van der Waals surface area contributed by atoms with Crippen molar-refractivity contribution in [3.05, 3.63) is 23.9 Å². The van der Waals surface area contributed by atoms with Gasteiger partial charge in [0.2, 0.25) is 0 Å². The van der Waals surface area contributed by atoms with Crippen LogP contribution in [0.2, 0.25) is 0 Å². The van der Waals surface area contributed by atoms with Crippen molar-refractivity contribution >= 4 is 5.82 Å². The summed E-state index contributed by atoms with van der Waals surface area (Å²) in [6.45, 7) is 7.55. The molecule has 0 aromatic carbocycles. The Morgan fingerprint density at radius 2 is 2.11 bits per heavy atom. The molecule has 0 aliphatic carbocycles. The Morgan fingerprint density at radius 1 is 1.39 bits per heavy atom. The van der Waals surface area contributed by atoms with E-state index in [1.807, 2.05) is 19.3 Å². The summed E-state index contributed by atoms with van der Waals surface area (Å²) in [5.41, 5.74) is 1.26. The van der Waals surface area contributed by atoms with Gasteiger partial charge in [-0.2, -0.15) is 0 Å². The van der Waals surface area contributed by atoms with E-state index in [0.29, 0.717) is 6.04 Å². The SMILES string of the molecule is CCN(Cc1cccnc1NC)C(C)CN(C)C. The highest BCUT2D eigenvalue weighted by Gasteiger charge is 2.14. The topological polar surface area (TPSA) is 31.4 Å². The molecular weight excluding hydrogens is 224 g/mol. The van der Waals surface area contributed by atoms with Gasteiger partial charge in [-0.15, -0.1) is 0 Å². The van der Waals surface area contributed by atoms with Gasteiger partial charge in [0.25, 0.3) is 0 Å². The number of nitrogens with one attached hydrogen (secondary N) is 1. The molecule has 102 valence electrons. The van der Waals surface area contributed by atoms with E-state index in [4.69, 9.17) is 0 Å². The number of pyridine rings is 1. The number of rotatable bonds is 7. The van der Waals surface area contributed by atoms with Crippen LogP contribution in [0.25, 0.3) is 0 Å². The van der Waals surface area contributed by atoms with Crippen molar-refractivity contribution in [2.45, 2.75) is 26.4 Å². The van der Waals surface area contributed by atoms with Gasteiger partial charge in [0.1, 0.15) is 5.82 Å². The monoisotopic (exact) mass is 250 g/mol. The molecule has 1 aromatic heterocycles. The molecule has 1 unspecified atom stereocenters. The molecule has 0 spiro atoms. The molecule has 18 heavy (non-hydrogen) atoms. The van der Waals surface area contributed by atoms with Crippen LogP contribution in [-0.2, 0) is 6.54 Å². The maximum absolute atomic E-state index is 4.36. The minimum atomic E-state index is 0.537. The van der Waals surface area contributed by atoms with Crippen LogP contribution < -0.4 is 5.32 Å². The largest absolute Gasteiger partial charge is 0.373 e. The second-order valence-electron chi connectivity index (χ2n) is 4.94. The van der Waals surface area contributed by atoms with E-state index < -0.39 is 0 Å². The number of hydrogen-bond acceptors (Lipinski definition) is 4. The van der Waals surface area contributed by atoms with Crippen molar-refractivity contribution in [2.24, 2.45) is 0 Å². The summed E-state index contributed by atoms with van der Waals surface area (Å²) in [6.07, 6.45) is 1.83. The van der Waals surface area contributed by atoms with Gasteiger partial charge in [-0.05, 0) is 33.6 Å². The lowest BCUT2D eigenvalue weighted by molar-refractivity contribution is 0.174. The van der Waals surface area contributed by atoms with E-state index in [-0.39, 0.29) is 0 Å². The molecule has 4 heteroatoms. The summed E-state index contributed by atoms with van der Waals surface area (Å²) in [5.74, 6) is 0.980. The number of anilines is 1. The molecule has 4 nitrogen and oxygen atoms in total. The molecule has 0 fully saturated rings. The van der Waals surface area contributed by atoms with Crippen LogP contribution in [0.1, 0.15) is 19.4 Å². The summed E-state index contributed by atoms with van der Waals surface area (Å²) in [6, 6.07) is 4.68. The van der Waals surface area contributed by atoms with Crippen molar-refractivity contribution < 1.29 is 0 Å². The van der Waals surface area contributed by atoms with Gasteiger partial charge in [0, 0.05) is 37.9 Å². The first kappa shape index (κ1) is 14.9. The minimum Gasteiger partial charge on any atom is -0.373 e. The van der Waals surface area contributed by atoms with Gasteiger partial charge in [0.05, 0.1) is 0 Å². The zero-order chi connectivity index (χ0) is 13.5. The summed E-state index contributed by atoms with van der Waals surface area (Å²) in [7, 11) is 6.16. The molecule has 0 saturated carbocycles. The van der Waals surface area contributed by atoms with Crippen LogP contribution in [-0.4, -0.2) is 55.1 Å². The highest BCUT2D eigenvalue weighted by Crippen LogP contribution is 2.15. The fourth-order valence-electron chi connectivity index (χ4n) is 2.23. The zero-order valence-electron chi connectivity index (χ0n) is 12.3. The Balaban J connectivity index is 2.73. The Kier molecular flexibility index (Phi) is 6.09. The number of aromatic nitrogens is 1. The number of hydrogen-bond donors (Lipinski definition) is 1. The van der Waals surface area contributed by atoms with Gasteiger partial charge in [-0.3, -0.25) is 4.90 Å². The van der Waals surface area contributed by atoms with Crippen molar-refractivity contribution in [3.8, 4) is 0 Å². The fourth-order valence-corrected chi connectivity index (χ4v) is 2.23. The fraction of sp³-hybridized carbons (Fsp3) is 0.643.